The lowest BCUT2D eigenvalue weighted by molar-refractivity contribution is -0.127. The smallest absolute Gasteiger partial charge is 0.244 e. The maximum atomic E-state index is 11.8. The zero-order valence-electron chi connectivity index (χ0n) is 11.8. The van der Waals surface area contributed by atoms with Crippen molar-refractivity contribution >= 4 is 33.8 Å². The number of nitrogens with one attached hydrogen (secondary N) is 2. The molecule has 0 fully saturated rings. The Morgan fingerprint density at radius 1 is 1.40 bits per heavy atom. The highest BCUT2D eigenvalue weighted by Crippen LogP contribution is 2.15. The van der Waals surface area contributed by atoms with Crippen molar-refractivity contribution in [2.75, 3.05) is 7.05 Å². The third kappa shape index (κ3) is 5.61. The van der Waals surface area contributed by atoms with Crippen LogP contribution in [0.4, 0.5) is 0 Å². The molecule has 0 spiro atoms. The minimum absolute atomic E-state index is 0.193. The Hall–Kier alpha value is -1.56. The Bertz CT molecular complexity index is 494. The number of furan rings is 1. The van der Waals surface area contributed by atoms with Crippen LogP contribution in [0.2, 0.25) is 0 Å². The van der Waals surface area contributed by atoms with Crippen LogP contribution >= 0.6 is 15.9 Å². The Morgan fingerprint density at radius 2 is 2.10 bits per heavy atom. The van der Waals surface area contributed by atoms with Gasteiger partial charge in [-0.2, -0.15) is 0 Å². The molecule has 6 heteroatoms. The first kappa shape index (κ1) is 16.5. The topological polar surface area (TPSA) is 71.3 Å². The molecule has 1 rings (SSSR count). The molecule has 1 atom stereocenters. The van der Waals surface area contributed by atoms with Gasteiger partial charge in [-0.3, -0.25) is 9.59 Å². The summed E-state index contributed by atoms with van der Waals surface area (Å²) in [5.41, 5.74) is 0. The van der Waals surface area contributed by atoms with Gasteiger partial charge in [0.2, 0.25) is 11.8 Å². The molecule has 20 heavy (non-hydrogen) atoms. The average molecular weight is 343 g/mol. The SMILES string of the molecule is CNC(=O)[C@H](CC(C)C)NC(=O)/C=C/c1ccc(Br)o1. The molecule has 0 bridgehead atoms. The molecule has 0 aromatic carbocycles. The number of carbonyl (C=O) groups excluding carboxylic acids is 2. The Balaban J connectivity index is 2.61. The van der Waals surface area contributed by atoms with E-state index in [1.54, 1.807) is 25.3 Å². The van der Waals surface area contributed by atoms with Gasteiger partial charge in [0.1, 0.15) is 11.8 Å². The van der Waals surface area contributed by atoms with Crippen molar-refractivity contribution in [2.24, 2.45) is 5.92 Å². The lowest BCUT2D eigenvalue weighted by Gasteiger charge is -2.18. The van der Waals surface area contributed by atoms with Crippen molar-refractivity contribution < 1.29 is 14.0 Å². The average Bonchev–Trinajstić information content (AvgIpc) is 2.80. The molecule has 0 radical (unpaired) electrons. The summed E-state index contributed by atoms with van der Waals surface area (Å²) in [5, 5.41) is 5.24. The molecule has 5 nitrogen and oxygen atoms in total. The number of halogens is 1. The summed E-state index contributed by atoms with van der Waals surface area (Å²) in [4.78, 5) is 23.5. The van der Waals surface area contributed by atoms with Crippen LogP contribution in [0, 0.1) is 5.92 Å². The molecule has 1 aromatic rings. The molecule has 0 aliphatic carbocycles. The predicted molar refractivity (Wildman–Crippen MR) is 80.9 cm³/mol. The van der Waals surface area contributed by atoms with Crippen LogP contribution in [0.25, 0.3) is 6.08 Å². The van der Waals surface area contributed by atoms with Crippen molar-refractivity contribution in [1.82, 2.24) is 10.6 Å². The van der Waals surface area contributed by atoms with Crippen LogP contribution in [0.1, 0.15) is 26.0 Å². The van der Waals surface area contributed by atoms with Crippen LogP contribution in [0.15, 0.2) is 27.3 Å². The quantitative estimate of drug-likeness (QED) is 0.779. The fourth-order valence-corrected chi connectivity index (χ4v) is 1.99. The van der Waals surface area contributed by atoms with E-state index in [-0.39, 0.29) is 11.8 Å². The summed E-state index contributed by atoms with van der Waals surface area (Å²) in [6.07, 6.45) is 3.49. The summed E-state index contributed by atoms with van der Waals surface area (Å²) in [6, 6.07) is 2.95. The second-order valence-corrected chi connectivity index (χ2v) is 5.56. The number of hydrogen-bond acceptors (Lipinski definition) is 3. The van der Waals surface area contributed by atoms with Crippen molar-refractivity contribution in [3.05, 3.63) is 28.6 Å². The molecule has 2 amide bonds. The Labute approximate surface area is 126 Å². The molecule has 0 aliphatic heterocycles. The number of hydrogen-bond donors (Lipinski definition) is 2. The highest BCUT2D eigenvalue weighted by molar-refractivity contribution is 9.10. The van der Waals surface area contributed by atoms with E-state index in [9.17, 15) is 9.59 Å². The molecule has 2 N–H and O–H groups in total. The van der Waals surface area contributed by atoms with Gasteiger partial charge < -0.3 is 15.1 Å². The molecule has 110 valence electrons. The van der Waals surface area contributed by atoms with Crippen molar-refractivity contribution in [3.8, 4) is 0 Å². The van der Waals surface area contributed by atoms with Gasteiger partial charge in [-0.05, 0) is 46.5 Å². The van der Waals surface area contributed by atoms with Gasteiger partial charge in [0, 0.05) is 13.1 Å². The number of likely N-dealkylation sites (N-methyl/N-ethyl adjacent to an activating group) is 1. The highest BCUT2D eigenvalue weighted by Gasteiger charge is 2.19. The van der Waals surface area contributed by atoms with Crippen LogP contribution in [0.3, 0.4) is 0 Å². The number of amides is 2. The maximum Gasteiger partial charge on any atom is 0.244 e. The fourth-order valence-electron chi connectivity index (χ4n) is 1.67. The Kier molecular flexibility index (Phi) is 6.51. The third-order valence-corrected chi connectivity index (χ3v) is 3.01. The monoisotopic (exact) mass is 342 g/mol. The summed E-state index contributed by atoms with van der Waals surface area (Å²) in [6.45, 7) is 4.00. The zero-order chi connectivity index (χ0) is 15.1. The summed E-state index contributed by atoms with van der Waals surface area (Å²) in [7, 11) is 1.55. The van der Waals surface area contributed by atoms with Gasteiger partial charge >= 0.3 is 0 Å². The lowest BCUT2D eigenvalue weighted by atomic mass is 10.0. The lowest BCUT2D eigenvalue weighted by Crippen LogP contribution is -2.45. The first-order valence-electron chi connectivity index (χ1n) is 6.38. The van der Waals surface area contributed by atoms with Gasteiger partial charge in [0.25, 0.3) is 0 Å². The van der Waals surface area contributed by atoms with E-state index in [1.165, 1.54) is 6.08 Å². The molecule has 0 saturated heterocycles. The van der Waals surface area contributed by atoms with Crippen LogP contribution in [-0.2, 0) is 9.59 Å². The zero-order valence-corrected chi connectivity index (χ0v) is 13.4. The van der Waals surface area contributed by atoms with E-state index in [0.29, 0.717) is 22.8 Å². The minimum atomic E-state index is -0.527. The number of carbonyl (C=O) groups is 2. The summed E-state index contributed by atoms with van der Waals surface area (Å²) < 4.78 is 5.84. The predicted octanol–water partition coefficient (Wildman–Crippen LogP) is 2.33. The van der Waals surface area contributed by atoms with Gasteiger partial charge in [0.15, 0.2) is 4.67 Å². The Morgan fingerprint density at radius 3 is 2.60 bits per heavy atom. The second kappa shape index (κ2) is 7.89. The van der Waals surface area contributed by atoms with E-state index in [2.05, 4.69) is 26.6 Å². The molecule has 0 unspecified atom stereocenters. The molecule has 1 aromatic heterocycles. The normalized spacial score (nSPS) is 12.7. The van der Waals surface area contributed by atoms with Gasteiger partial charge in [-0.1, -0.05) is 13.8 Å². The summed E-state index contributed by atoms with van der Waals surface area (Å²) in [5.74, 6) is 0.350. The van der Waals surface area contributed by atoms with Gasteiger partial charge in [0.05, 0.1) is 0 Å². The highest BCUT2D eigenvalue weighted by atomic mass is 79.9. The molecular formula is C14H19BrN2O3. The first-order valence-corrected chi connectivity index (χ1v) is 7.17. The minimum Gasteiger partial charge on any atom is -0.450 e. The summed E-state index contributed by atoms with van der Waals surface area (Å²) >= 11 is 3.18. The van der Waals surface area contributed by atoms with Crippen LogP contribution in [-0.4, -0.2) is 24.9 Å². The van der Waals surface area contributed by atoms with Gasteiger partial charge in [-0.15, -0.1) is 0 Å². The van der Waals surface area contributed by atoms with E-state index in [4.69, 9.17) is 4.42 Å². The first-order chi connectivity index (χ1) is 9.42. The van der Waals surface area contributed by atoms with Crippen molar-refractivity contribution in [3.63, 3.8) is 0 Å². The fraction of sp³-hybridized carbons (Fsp3) is 0.429. The van der Waals surface area contributed by atoms with Crippen LogP contribution in [0.5, 0.6) is 0 Å². The maximum absolute atomic E-state index is 11.8. The van der Waals surface area contributed by atoms with E-state index >= 15 is 0 Å². The number of rotatable bonds is 6. The van der Waals surface area contributed by atoms with Crippen molar-refractivity contribution in [1.29, 1.82) is 0 Å². The second-order valence-electron chi connectivity index (χ2n) is 4.78. The van der Waals surface area contributed by atoms with Gasteiger partial charge in [-0.25, -0.2) is 0 Å². The molecule has 1 heterocycles. The molecular weight excluding hydrogens is 324 g/mol. The third-order valence-electron chi connectivity index (χ3n) is 2.58. The largest absolute Gasteiger partial charge is 0.450 e. The molecule has 0 saturated carbocycles. The van der Waals surface area contributed by atoms with E-state index in [0.717, 1.165) is 0 Å². The van der Waals surface area contributed by atoms with Crippen molar-refractivity contribution in [2.45, 2.75) is 26.3 Å². The molecule has 0 aliphatic rings. The van der Waals surface area contributed by atoms with E-state index < -0.39 is 6.04 Å². The van der Waals surface area contributed by atoms with Crippen LogP contribution < -0.4 is 10.6 Å². The standard InChI is InChI=1S/C14H19BrN2O3/c1-9(2)8-11(14(19)16-3)17-13(18)7-5-10-4-6-12(15)20-10/h4-7,9,11H,8H2,1-3H3,(H,16,19)(H,17,18)/b7-5+/t11-/m0/s1. The van der Waals surface area contributed by atoms with E-state index in [1.807, 2.05) is 13.8 Å².